The van der Waals surface area contributed by atoms with Gasteiger partial charge in [0.2, 0.25) is 0 Å². The SMILES string of the molecule is COc1cc(C)c(N(C)CCCCN)cc1C. The maximum absolute atomic E-state index is 5.51. The minimum atomic E-state index is 0.772. The molecule has 2 N–H and O–H groups in total. The lowest BCUT2D eigenvalue weighted by atomic mass is 10.1. The van der Waals surface area contributed by atoms with Crippen LogP contribution in [0.15, 0.2) is 12.1 Å². The van der Waals surface area contributed by atoms with Crippen LogP contribution in [0.4, 0.5) is 5.69 Å². The van der Waals surface area contributed by atoms with Gasteiger partial charge in [0.15, 0.2) is 0 Å². The molecule has 0 unspecified atom stereocenters. The van der Waals surface area contributed by atoms with Crippen molar-refractivity contribution in [3.63, 3.8) is 0 Å². The largest absolute Gasteiger partial charge is 0.496 e. The maximum Gasteiger partial charge on any atom is 0.122 e. The standard InChI is InChI=1S/C14H24N2O/c1-11-10-14(17-4)12(2)9-13(11)16(3)8-6-5-7-15/h9-10H,5-8,15H2,1-4H3. The Labute approximate surface area is 105 Å². The van der Waals surface area contributed by atoms with Crippen molar-refractivity contribution in [2.45, 2.75) is 26.7 Å². The molecule has 96 valence electrons. The number of methoxy groups -OCH3 is 1. The lowest BCUT2D eigenvalue weighted by molar-refractivity contribution is 0.411. The molecule has 0 radical (unpaired) electrons. The van der Waals surface area contributed by atoms with Crippen LogP contribution in [0, 0.1) is 13.8 Å². The van der Waals surface area contributed by atoms with Crippen LogP contribution >= 0.6 is 0 Å². The average Bonchev–Trinajstić information content (AvgIpc) is 2.31. The van der Waals surface area contributed by atoms with Crippen molar-refractivity contribution >= 4 is 5.69 Å². The fourth-order valence-corrected chi connectivity index (χ4v) is 2.02. The van der Waals surface area contributed by atoms with Crippen LogP contribution in [0.2, 0.25) is 0 Å². The Morgan fingerprint density at radius 3 is 2.47 bits per heavy atom. The first kappa shape index (κ1) is 13.8. The number of hydrogen-bond donors (Lipinski definition) is 1. The van der Waals surface area contributed by atoms with Crippen molar-refractivity contribution in [1.29, 1.82) is 0 Å². The Kier molecular flexibility index (Phi) is 5.29. The summed E-state index contributed by atoms with van der Waals surface area (Å²) in [5.41, 5.74) is 9.22. The van der Waals surface area contributed by atoms with Crippen molar-refractivity contribution in [3.8, 4) is 5.75 Å². The van der Waals surface area contributed by atoms with E-state index in [9.17, 15) is 0 Å². The van der Waals surface area contributed by atoms with Crippen LogP contribution < -0.4 is 15.4 Å². The number of ether oxygens (including phenoxy) is 1. The highest BCUT2D eigenvalue weighted by atomic mass is 16.5. The molecule has 0 fully saturated rings. The lowest BCUT2D eigenvalue weighted by Crippen LogP contribution is -2.20. The van der Waals surface area contributed by atoms with Gasteiger partial charge < -0.3 is 15.4 Å². The number of benzene rings is 1. The Morgan fingerprint density at radius 2 is 1.88 bits per heavy atom. The molecule has 0 atom stereocenters. The summed E-state index contributed by atoms with van der Waals surface area (Å²) in [7, 11) is 3.84. The highest BCUT2D eigenvalue weighted by Crippen LogP contribution is 2.28. The Balaban J connectivity index is 2.79. The van der Waals surface area contributed by atoms with Gasteiger partial charge in [0, 0.05) is 19.3 Å². The van der Waals surface area contributed by atoms with Crippen molar-refractivity contribution in [2.75, 3.05) is 32.1 Å². The first-order chi connectivity index (χ1) is 8.10. The van der Waals surface area contributed by atoms with Crippen molar-refractivity contribution in [1.82, 2.24) is 0 Å². The van der Waals surface area contributed by atoms with E-state index in [4.69, 9.17) is 10.5 Å². The molecule has 0 aliphatic carbocycles. The lowest BCUT2D eigenvalue weighted by Gasteiger charge is -2.22. The Morgan fingerprint density at radius 1 is 1.18 bits per heavy atom. The number of unbranched alkanes of at least 4 members (excludes halogenated alkanes) is 1. The van der Waals surface area contributed by atoms with Crippen LogP contribution in [-0.4, -0.2) is 27.2 Å². The molecule has 0 aliphatic rings. The molecular weight excluding hydrogens is 212 g/mol. The number of hydrogen-bond acceptors (Lipinski definition) is 3. The van der Waals surface area contributed by atoms with Gasteiger partial charge >= 0.3 is 0 Å². The van der Waals surface area contributed by atoms with Gasteiger partial charge in [-0.2, -0.15) is 0 Å². The molecule has 3 heteroatoms. The molecule has 0 aliphatic heterocycles. The number of nitrogens with two attached hydrogens (primary N) is 1. The van der Waals surface area contributed by atoms with E-state index in [-0.39, 0.29) is 0 Å². The molecule has 1 aromatic rings. The summed E-state index contributed by atoms with van der Waals surface area (Å²) in [6, 6.07) is 4.29. The normalized spacial score (nSPS) is 10.4. The molecule has 0 saturated carbocycles. The van der Waals surface area contributed by atoms with E-state index in [0.717, 1.165) is 31.7 Å². The Hall–Kier alpha value is -1.22. The van der Waals surface area contributed by atoms with Crippen molar-refractivity contribution in [3.05, 3.63) is 23.3 Å². The van der Waals surface area contributed by atoms with Gasteiger partial charge in [0.05, 0.1) is 7.11 Å². The third kappa shape index (κ3) is 3.63. The van der Waals surface area contributed by atoms with Crippen molar-refractivity contribution < 1.29 is 4.74 Å². The van der Waals surface area contributed by atoms with Gasteiger partial charge in [0.1, 0.15) is 5.75 Å². The molecule has 17 heavy (non-hydrogen) atoms. The van der Waals surface area contributed by atoms with Crippen LogP contribution in [0.1, 0.15) is 24.0 Å². The zero-order valence-electron chi connectivity index (χ0n) is 11.4. The van der Waals surface area contributed by atoms with Crippen LogP contribution in [-0.2, 0) is 0 Å². The van der Waals surface area contributed by atoms with Crippen LogP contribution in [0.25, 0.3) is 0 Å². The van der Waals surface area contributed by atoms with Crippen LogP contribution in [0.3, 0.4) is 0 Å². The molecule has 0 spiro atoms. The molecule has 0 bridgehead atoms. The van der Waals surface area contributed by atoms with E-state index in [2.05, 4.69) is 37.9 Å². The quantitative estimate of drug-likeness (QED) is 0.771. The number of aryl methyl sites for hydroxylation is 2. The number of anilines is 1. The highest BCUT2D eigenvalue weighted by Gasteiger charge is 2.08. The summed E-state index contributed by atoms with van der Waals surface area (Å²) in [4.78, 5) is 2.29. The van der Waals surface area contributed by atoms with Gasteiger partial charge in [-0.1, -0.05) is 0 Å². The summed E-state index contributed by atoms with van der Waals surface area (Å²) in [6.07, 6.45) is 2.22. The van der Waals surface area contributed by atoms with Gasteiger partial charge in [-0.05, 0) is 56.5 Å². The number of nitrogens with zero attached hydrogens (tertiary/aromatic N) is 1. The molecule has 0 aromatic heterocycles. The minimum absolute atomic E-state index is 0.772. The summed E-state index contributed by atoms with van der Waals surface area (Å²) >= 11 is 0. The van der Waals surface area contributed by atoms with Gasteiger partial charge in [-0.25, -0.2) is 0 Å². The van der Waals surface area contributed by atoms with E-state index in [1.807, 2.05) is 0 Å². The summed E-state index contributed by atoms with van der Waals surface area (Å²) in [6.45, 7) is 6.02. The topological polar surface area (TPSA) is 38.5 Å². The number of rotatable bonds is 6. The smallest absolute Gasteiger partial charge is 0.122 e. The molecule has 0 heterocycles. The van der Waals surface area contributed by atoms with E-state index in [1.165, 1.54) is 16.8 Å². The third-order valence-corrected chi connectivity index (χ3v) is 3.07. The van der Waals surface area contributed by atoms with Gasteiger partial charge in [-0.15, -0.1) is 0 Å². The second-order valence-corrected chi connectivity index (χ2v) is 4.53. The van der Waals surface area contributed by atoms with Gasteiger partial charge in [-0.3, -0.25) is 0 Å². The zero-order valence-corrected chi connectivity index (χ0v) is 11.4. The van der Waals surface area contributed by atoms with Crippen LogP contribution in [0.5, 0.6) is 5.75 Å². The van der Waals surface area contributed by atoms with E-state index in [0.29, 0.717) is 0 Å². The first-order valence-corrected chi connectivity index (χ1v) is 6.16. The molecular formula is C14H24N2O. The first-order valence-electron chi connectivity index (χ1n) is 6.16. The molecule has 1 rings (SSSR count). The average molecular weight is 236 g/mol. The Bertz CT molecular complexity index is 363. The summed E-state index contributed by atoms with van der Waals surface area (Å²) in [5, 5.41) is 0. The second kappa shape index (κ2) is 6.50. The van der Waals surface area contributed by atoms with E-state index in [1.54, 1.807) is 7.11 Å². The highest BCUT2D eigenvalue weighted by molar-refractivity contribution is 5.58. The molecule has 1 aromatic carbocycles. The zero-order chi connectivity index (χ0) is 12.8. The molecule has 0 saturated heterocycles. The predicted molar refractivity (Wildman–Crippen MR) is 74.0 cm³/mol. The van der Waals surface area contributed by atoms with Crippen molar-refractivity contribution in [2.24, 2.45) is 5.73 Å². The minimum Gasteiger partial charge on any atom is -0.496 e. The monoisotopic (exact) mass is 236 g/mol. The molecule has 3 nitrogen and oxygen atoms in total. The predicted octanol–water partition coefficient (Wildman–Crippen LogP) is 2.49. The fourth-order valence-electron chi connectivity index (χ4n) is 2.02. The third-order valence-electron chi connectivity index (χ3n) is 3.07. The summed E-state index contributed by atoms with van der Waals surface area (Å²) < 4.78 is 5.32. The van der Waals surface area contributed by atoms with Gasteiger partial charge in [0.25, 0.3) is 0 Å². The molecule has 0 amide bonds. The second-order valence-electron chi connectivity index (χ2n) is 4.53. The van der Waals surface area contributed by atoms with E-state index >= 15 is 0 Å². The fraction of sp³-hybridized carbons (Fsp3) is 0.571. The maximum atomic E-state index is 5.51. The summed E-state index contributed by atoms with van der Waals surface area (Å²) in [5.74, 6) is 0.960. The van der Waals surface area contributed by atoms with E-state index < -0.39 is 0 Å².